The van der Waals surface area contributed by atoms with E-state index in [9.17, 15) is 4.79 Å². The molecule has 5 nitrogen and oxygen atoms in total. The third-order valence-electron chi connectivity index (χ3n) is 2.51. The number of methoxy groups -OCH3 is 1. The largest absolute Gasteiger partial charge is 0.469 e. The Labute approximate surface area is 103 Å². The monoisotopic (exact) mass is 251 g/mol. The van der Waals surface area contributed by atoms with Gasteiger partial charge in [-0.25, -0.2) is 4.98 Å². The number of carbonyl (C=O) groups excluding carboxylic acids is 1. The minimum absolute atomic E-state index is 0.256. The lowest BCUT2D eigenvalue weighted by Crippen LogP contribution is -2.07. The fraction of sp³-hybridized carbons (Fsp3) is 0.364. The van der Waals surface area contributed by atoms with Gasteiger partial charge in [0, 0.05) is 12.7 Å². The Balaban J connectivity index is 2.36. The first-order valence-corrected chi connectivity index (χ1v) is 5.64. The molecule has 0 aromatic carbocycles. The molecule has 6 heteroatoms. The molecule has 0 aliphatic carbocycles. The highest BCUT2D eigenvalue weighted by atomic mass is 32.1. The number of nitrogens with zero attached hydrogens (tertiary/aromatic N) is 2. The van der Waals surface area contributed by atoms with Crippen LogP contribution < -0.4 is 0 Å². The van der Waals surface area contributed by atoms with Crippen LogP contribution in [-0.2, 0) is 16.1 Å². The van der Waals surface area contributed by atoms with E-state index < -0.39 is 0 Å². The second-order valence-electron chi connectivity index (χ2n) is 3.79. The van der Waals surface area contributed by atoms with Crippen LogP contribution in [0.3, 0.4) is 0 Å². The van der Waals surface area contributed by atoms with Gasteiger partial charge in [0.2, 0.25) is 0 Å². The highest BCUT2D eigenvalue weighted by molar-refractivity contribution is 7.71. The molecule has 0 fully saturated rings. The van der Waals surface area contributed by atoms with Crippen LogP contribution in [0.15, 0.2) is 12.3 Å². The topological polar surface area (TPSA) is 59.9 Å². The molecule has 1 N–H and O–H groups in total. The van der Waals surface area contributed by atoms with Gasteiger partial charge in [-0.1, -0.05) is 0 Å². The Morgan fingerprint density at radius 2 is 2.41 bits per heavy atom. The van der Waals surface area contributed by atoms with Crippen LogP contribution in [0, 0.1) is 11.7 Å². The molecule has 2 aromatic heterocycles. The van der Waals surface area contributed by atoms with Gasteiger partial charge in [-0.3, -0.25) is 4.79 Å². The van der Waals surface area contributed by atoms with E-state index in [1.54, 1.807) is 10.8 Å². The van der Waals surface area contributed by atoms with E-state index in [2.05, 4.69) is 14.7 Å². The quantitative estimate of drug-likeness (QED) is 0.669. The standard InChI is InChI=1S/C11H13N3O2S/c1-7-5-8-10(12-6-7)14(11(17)13-8)4-3-9(15)16-2/h5-6H,3-4H2,1-2H3,(H,13,17). The van der Waals surface area contributed by atoms with Crippen molar-refractivity contribution in [2.24, 2.45) is 0 Å². The highest BCUT2D eigenvalue weighted by Crippen LogP contribution is 2.13. The highest BCUT2D eigenvalue weighted by Gasteiger charge is 2.08. The van der Waals surface area contributed by atoms with Gasteiger partial charge in [-0.2, -0.15) is 0 Å². The van der Waals surface area contributed by atoms with E-state index in [-0.39, 0.29) is 12.4 Å². The first-order valence-electron chi connectivity index (χ1n) is 5.24. The predicted molar refractivity (Wildman–Crippen MR) is 66.3 cm³/mol. The lowest BCUT2D eigenvalue weighted by Gasteiger charge is -2.02. The number of imidazole rings is 1. The van der Waals surface area contributed by atoms with Crippen molar-refractivity contribution in [1.82, 2.24) is 14.5 Å². The molecule has 0 amide bonds. The van der Waals surface area contributed by atoms with Crippen LogP contribution in [0.1, 0.15) is 12.0 Å². The predicted octanol–water partition coefficient (Wildman–Crippen LogP) is 1.97. The third-order valence-corrected chi connectivity index (χ3v) is 2.84. The molecule has 17 heavy (non-hydrogen) atoms. The number of hydrogen-bond donors (Lipinski definition) is 1. The average molecular weight is 251 g/mol. The lowest BCUT2D eigenvalue weighted by atomic mass is 10.3. The Morgan fingerprint density at radius 3 is 3.12 bits per heavy atom. The number of aromatic nitrogens is 3. The number of nitrogens with one attached hydrogen (secondary N) is 1. The number of ether oxygens (including phenoxy) is 1. The molecule has 0 saturated carbocycles. The van der Waals surface area contributed by atoms with Crippen molar-refractivity contribution < 1.29 is 9.53 Å². The number of fused-ring (bicyclic) bond motifs is 1. The molecule has 0 bridgehead atoms. The lowest BCUT2D eigenvalue weighted by molar-refractivity contribution is -0.140. The summed E-state index contributed by atoms with van der Waals surface area (Å²) in [6.45, 7) is 2.44. The van der Waals surface area contributed by atoms with E-state index in [1.807, 2.05) is 13.0 Å². The maximum Gasteiger partial charge on any atom is 0.307 e. The number of aryl methyl sites for hydroxylation is 2. The summed E-state index contributed by atoms with van der Waals surface area (Å²) in [6, 6.07) is 1.98. The molecule has 0 atom stereocenters. The number of rotatable bonds is 3. The van der Waals surface area contributed by atoms with E-state index in [0.29, 0.717) is 11.3 Å². The summed E-state index contributed by atoms with van der Waals surface area (Å²) in [5.74, 6) is -0.256. The van der Waals surface area contributed by atoms with E-state index >= 15 is 0 Å². The Kier molecular flexibility index (Phi) is 3.23. The van der Waals surface area contributed by atoms with Crippen LogP contribution in [0.4, 0.5) is 0 Å². The van der Waals surface area contributed by atoms with Gasteiger partial charge >= 0.3 is 5.97 Å². The summed E-state index contributed by atoms with van der Waals surface area (Å²) in [4.78, 5) is 18.5. The van der Waals surface area contributed by atoms with Gasteiger partial charge in [-0.15, -0.1) is 0 Å². The molecule has 0 aliphatic rings. The molecule has 2 heterocycles. The van der Waals surface area contributed by atoms with E-state index in [4.69, 9.17) is 12.2 Å². The number of hydrogen-bond acceptors (Lipinski definition) is 4. The summed E-state index contributed by atoms with van der Waals surface area (Å²) < 4.78 is 6.98. The fourth-order valence-electron chi connectivity index (χ4n) is 1.66. The van der Waals surface area contributed by atoms with Crippen molar-refractivity contribution in [1.29, 1.82) is 0 Å². The summed E-state index contributed by atoms with van der Waals surface area (Å²) in [5.41, 5.74) is 2.72. The number of aromatic amines is 1. The van der Waals surface area contributed by atoms with Gasteiger partial charge < -0.3 is 14.3 Å². The van der Waals surface area contributed by atoms with Gasteiger partial charge in [0.05, 0.1) is 19.0 Å². The number of carbonyl (C=O) groups is 1. The van der Waals surface area contributed by atoms with Crippen LogP contribution >= 0.6 is 12.2 Å². The molecule has 0 saturated heterocycles. The summed E-state index contributed by atoms with van der Waals surface area (Å²) in [6.07, 6.45) is 2.06. The smallest absolute Gasteiger partial charge is 0.307 e. The summed E-state index contributed by atoms with van der Waals surface area (Å²) in [7, 11) is 1.37. The molecule has 0 aliphatic heterocycles. The van der Waals surface area contributed by atoms with Crippen molar-refractivity contribution >= 4 is 29.4 Å². The van der Waals surface area contributed by atoms with Crippen molar-refractivity contribution in [3.63, 3.8) is 0 Å². The molecular formula is C11H13N3O2S. The Morgan fingerprint density at radius 1 is 1.65 bits per heavy atom. The zero-order valence-corrected chi connectivity index (χ0v) is 10.5. The maximum atomic E-state index is 11.1. The molecule has 0 spiro atoms. The summed E-state index contributed by atoms with van der Waals surface area (Å²) in [5, 5.41) is 0. The van der Waals surface area contributed by atoms with E-state index in [0.717, 1.165) is 16.7 Å². The Bertz CT molecular complexity index is 615. The van der Waals surface area contributed by atoms with Crippen molar-refractivity contribution in [2.45, 2.75) is 19.9 Å². The minimum atomic E-state index is -0.256. The van der Waals surface area contributed by atoms with Crippen molar-refractivity contribution in [3.05, 3.63) is 22.6 Å². The molecule has 2 aromatic rings. The van der Waals surface area contributed by atoms with Gasteiger partial charge in [0.15, 0.2) is 10.4 Å². The third kappa shape index (κ3) is 2.36. The van der Waals surface area contributed by atoms with Crippen molar-refractivity contribution in [3.8, 4) is 0 Å². The number of pyridine rings is 1. The molecular weight excluding hydrogens is 238 g/mol. The van der Waals surface area contributed by atoms with E-state index in [1.165, 1.54) is 7.11 Å². The van der Waals surface area contributed by atoms with Crippen LogP contribution in [-0.4, -0.2) is 27.6 Å². The second-order valence-corrected chi connectivity index (χ2v) is 4.18. The summed E-state index contributed by atoms with van der Waals surface area (Å²) >= 11 is 5.20. The first-order chi connectivity index (χ1) is 8.11. The fourth-order valence-corrected chi connectivity index (χ4v) is 1.95. The van der Waals surface area contributed by atoms with Crippen molar-refractivity contribution in [2.75, 3.05) is 7.11 Å². The second kappa shape index (κ2) is 4.67. The first kappa shape index (κ1) is 11.8. The SMILES string of the molecule is COC(=O)CCn1c(=S)[nH]c2cc(C)cnc21. The maximum absolute atomic E-state index is 11.1. The van der Waals surface area contributed by atoms with Crippen LogP contribution in [0.2, 0.25) is 0 Å². The normalized spacial score (nSPS) is 10.7. The minimum Gasteiger partial charge on any atom is -0.469 e. The van der Waals surface area contributed by atoms with Gasteiger partial charge in [0.1, 0.15) is 0 Å². The Hall–Kier alpha value is -1.69. The molecule has 90 valence electrons. The number of esters is 1. The number of H-pyrrole nitrogens is 1. The van der Waals surface area contributed by atoms with Gasteiger partial charge in [0.25, 0.3) is 0 Å². The average Bonchev–Trinajstić information content (AvgIpc) is 2.61. The van der Waals surface area contributed by atoms with Crippen LogP contribution in [0.5, 0.6) is 0 Å². The zero-order chi connectivity index (χ0) is 12.4. The van der Waals surface area contributed by atoms with Crippen LogP contribution in [0.25, 0.3) is 11.2 Å². The molecule has 0 unspecified atom stereocenters. The van der Waals surface area contributed by atoms with Gasteiger partial charge in [-0.05, 0) is 30.8 Å². The molecule has 0 radical (unpaired) electrons. The molecule has 2 rings (SSSR count). The zero-order valence-electron chi connectivity index (χ0n) is 9.69.